The van der Waals surface area contributed by atoms with Crippen LogP contribution < -0.4 is 0 Å². The molecule has 150 valence electrons. The lowest BCUT2D eigenvalue weighted by Gasteiger charge is -2.17. The molecule has 1 atom stereocenters. The Balaban J connectivity index is 1.60. The highest BCUT2D eigenvalue weighted by molar-refractivity contribution is 5.89. The van der Waals surface area contributed by atoms with Crippen molar-refractivity contribution in [1.29, 1.82) is 0 Å². The second kappa shape index (κ2) is 11.8. The molecule has 0 amide bonds. The molecule has 0 spiro atoms. The SMILES string of the molecule is CCCCCCCCCCCC1=N[C@@](C)(COC(=O)c2ccccc2)CO1. The molecule has 1 aromatic carbocycles. The van der Waals surface area contributed by atoms with E-state index in [1.807, 2.05) is 25.1 Å². The first-order chi connectivity index (χ1) is 13.1. The Morgan fingerprint density at radius 2 is 1.67 bits per heavy atom. The van der Waals surface area contributed by atoms with Crippen LogP contribution in [0.25, 0.3) is 0 Å². The number of rotatable bonds is 13. The van der Waals surface area contributed by atoms with Crippen molar-refractivity contribution in [3.63, 3.8) is 0 Å². The molecule has 4 nitrogen and oxygen atoms in total. The van der Waals surface area contributed by atoms with Gasteiger partial charge in [0.1, 0.15) is 18.8 Å². The van der Waals surface area contributed by atoms with E-state index in [2.05, 4.69) is 11.9 Å². The molecule has 0 radical (unpaired) electrons. The first-order valence-electron chi connectivity index (χ1n) is 10.6. The second-order valence-electron chi connectivity index (χ2n) is 7.81. The average Bonchev–Trinajstić information content (AvgIpc) is 3.07. The molecule has 4 heteroatoms. The van der Waals surface area contributed by atoms with Crippen LogP contribution in [-0.2, 0) is 9.47 Å². The number of carbonyl (C=O) groups is 1. The third-order valence-corrected chi connectivity index (χ3v) is 4.96. The number of aliphatic imine (C=N–C) groups is 1. The molecule has 1 aliphatic heterocycles. The number of unbranched alkanes of at least 4 members (excludes halogenated alkanes) is 8. The van der Waals surface area contributed by atoms with Gasteiger partial charge in [0.05, 0.1) is 5.56 Å². The van der Waals surface area contributed by atoms with Crippen LogP contribution in [0.4, 0.5) is 0 Å². The van der Waals surface area contributed by atoms with Gasteiger partial charge in [0.25, 0.3) is 0 Å². The first-order valence-corrected chi connectivity index (χ1v) is 10.6. The van der Waals surface area contributed by atoms with Crippen molar-refractivity contribution < 1.29 is 14.3 Å². The quantitative estimate of drug-likeness (QED) is 0.317. The number of ether oxygens (including phenoxy) is 2. The van der Waals surface area contributed by atoms with Gasteiger partial charge in [0, 0.05) is 6.42 Å². The third kappa shape index (κ3) is 8.15. The zero-order valence-corrected chi connectivity index (χ0v) is 17.0. The first kappa shape index (κ1) is 21.5. The highest BCUT2D eigenvalue weighted by atomic mass is 16.5. The Kier molecular flexibility index (Phi) is 9.37. The minimum atomic E-state index is -0.459. The molecule has 0 aliphatic carbocycles. The monoisotopic (exact) mass is 373 g/mol. The number of hydrogen-bond donors (Lipinski definition) is 0. The van der Waals surface area contributed by atoms with E-state index in [0.29, 0.717) is 12.2 Å². The summed E-state index contributed by atoms with van der Waals surface area (Å²) in [6.07, 6.45) is 12.7. The predicted octanol–water partition coefficient (Wildman–Crippen LogP) is 5.95. The summed E-state index contributed by atoms with van der Waals surface area (Å²) < 4.78 is 11.2. The highest BCUT2D eigenvalue weighted by Crippen LogP contribution is 2.22. The molecule has 0 fully saturated rings. The van der Waals surface area contributed by atoms with Crippen molar-refractivity contribution >= 4 is 11.9 Å². The Labute approximate surface area is 164 Å². The molecule has 0 bridgehead atoms. The molecule has 1 aromatic rings. The van der Waals surface area contributed by atoms with Gasteiger partial charge in [-0.3, -0.25) is 0 Å². The Morgan fingerprint density at radius 3 is 2.33 bits per heavy atom. The topological polar surface area (TPSA) is 47.9 Å². The average molecular weight is 374 g/mol. The zero-order valence-electron chi connectivity index (χ0n) is 17.0. The van der Waals surface area contributed by atoms with Crippen molar-refractivity contribution in [3.05, 3.63) is 35.9 Å². The van der Waals surface area contributed by atoms with Crippen molar-refractivity contribution in [3.8, 4) is 0 Å². The third-order valence-electron chi connectivity index (χ3n) is 4.96. The maximum absolute atomic E-state index is 12.1. The summed E-state index contributed by atoms with van der Waals surface area (Å²) in [5, 5.41) is 0. The second-order valence-corrected chi connectivity index (χ2v) is 7.81. The molecule has 1 aliphatic rings. The summed E-state index contributed by atoms with van der Waals surface area (Å²) in [4.78, 5) is 16.7. The molecule has 0 N–H and O–H groups in total. The summed E-state index contributed by atoms with van der Waals surface area (Å²) in [6.45, 7) is 4.98. The van der Waals surface area contributed by atoms with Crippen molar-refractivity contribution in [2.45, 2.75) is 83.6 Å². The number of hydrogen-bond acceptors (Lipinski definition) is 4. The molecular weight excluding hydrogens is 338 g/mol. The Hall–Kier alpha value is -1.84. The van der Waals surface area contributed by atoms with Crippen LogP contribution in [0.5, 0.6) is 0 Å². The molecule has 0 saturated heterocycles. The van der Waals surface area contributed by atoms with Crippen LogP contribution in [0.1, 0.15) is 88.4 Å². The Morgan fingerprint density at radius 1 is 1.04 bits per heavy atom. The lowest BCUT2D eigenvalue weighted by molar-refractivity contribution is 0.0399. The van der Waals surface area contributed by atoms with Gasteiger partial charge in [-0.1, -0.05) is 76.5 Å². The molecule has 0 saturated carbocycles. The van der Waals surface area contributed by atoms with E-state index in [0.717, 1.165) is 18.7 Å². The van der Waals surface area contributed by atoms with E-state index in [4.69, 9.17) is 9.47 Å². The number of carbonyl (C=O) groups excluding carboxylic acids is 1. The van der Waals surface area contributed by atoms with E-state index in [9.17, 15) is 4.79 Å². The fourth-order valence-electron chi connectivity index (χ4n) is 3.27. The minimum Gasteiger partial charge on any atom is -0.478 e. The van der Waals surface area contributed by atoms with Gasteiger partial charge in [-0.25, -0.2) is 9.79 Å². The minimum absolute atomic E-state index is 0.252. The maximum Gasteiger partial charge on any atom is 0.338 e. The molecule has 1 heterocycles. The Bertz CT molecular complexity index is 585. The van der Waals surface area contributed by atoms with Crippen LogP contribution in [0.15, 0.2) is 35.3 Å². The molecule has 2 rings (SSSR count). The van der Waals surface area contributed by atoms with E-state index < -0.39 is 5.54 Å². The van der Waals surface area contributed by atoms with Crippen LogP contribution in [0.2, 0.25) is 0 Å². The van der Waals surface area contributed by atoms with Gasteiger partial charge in [-0.2, -0.15) is 0 Å². The lowest BCUT2D eigenvalue weighted by atomic mass is 10.1. The van der Waals surface area contributed by atoms with E-state index in [1.54, 1.807) is 12.1 Å². The van der Waals surface area contributed by atoms with Gasteiger partial charge in [0.15, 0.2) is 5.90 Å². The zero-order chi connectivity index (χ0) is 19.4. The maximum atomic E-state index is 12.1. The summed E-state index contributed by atoms with van der Waals surface area (Å²) in [6, 6.07) is 9.06. The van der Waals surface area contributed by atoms with E-state index in [1.165, 1.54) is 51.4 Å². The molecule has 0 unspecified atom stereocenters. The van der Waals surface area contributed by atoms with Gasteiger partial charge >= 0.3 is 5.97 Å². The largest absolute Gasteiger partial charge is 0.478 e. The van der Waals surface area contributed by atoms with Gasteiger partial charge in [0.2, 0.25) is 0 Å². The number of esters is 1. The van der Waals surface area contributed by atoms with Gasteiger partial charge < -0.3 is 9.47 Å². The van der Waals surface area contributed by atoms with Crippen LogP contribution in [0, 0.1) is 0 Å². The predicted molar refractivity (Wildman–Crippen MR) is 110 cm³/mol. The van der Waals surface area contributed by atoms with Crippen molar-refractivity contribution in [2.24, 2.45) is 4.99 Å². The summed E-state index contributed by atoms with van der Waals surface area (Å²) >= 11 is 0. The summed E-state index contributed by atoms with van der Waals surface area (Å²) in [5.74, 6) is 0.510. The van der Waals surface area contributed by atoms with Crippen molar-refractivity contribution in [2.75, 3.05) is 13.2 Å². The fourth-order valence-corrected chi connectivity index (χ4v) is 3.27. The number of benzene rings is 1. The summed E-state index contributed by atoms with van der Waals surface area (Å²) in [7, 11) is 0. The van der Waals surface area contributed by atoms with Crippen LogP contribution in [0.3, 0.4) is 0 Å². The fraction of sp³-hybridized carbons (Fsp3) is 0.652. The van der Waals surface area contributed by atoms with Crippen LogP contribution in [-0.4, -0.2) is 30.6 Å². The van der Waals surface area contributed by atoms with Gasteiger partial charge in [-0.05, 0) is 25.5 Å². The summed E-state index contributed by atoms with van der Waals surface area (Å²) in [5.41, 5.74) is 0.109. The molecular formula is C23H35NO3. The molecule has 0 aromatic heterocycles. The lowest BCUT2D eigenvalue weighted by Crippen LogP contribution is -2.31. The van der Waals surface area contributed by atoms with Crippen LogP contribution >= 0.6 is 0 Å². The normalized spacial score (nSPS) is 18.8. The van der Waals surface area contributed by atoms with Gasteiger partial charge in [-0.15, -0.1) is 0 Å². The van der Waals surface area contributed by atoms with E-state index >= 15 is 0 Å². The smallest absolute Gasteiger partial charge is 0.338 e. The molecule has 27 heavy (non-hydrogen) atoms. The highest BCUT2D eigenvalue weighted by Gasteiger charge is 2.33. The number of nitrogens with zero attached hydrogens (tertiary/aromatic N) is 1. The van der Waals surface area contributed by atoms with E-state index in [-0.39, 0.29) is 12.6 Å². The van der Waals surface area contributed by atoms with Crippen molar-refractivity contribution in [1.82, 2.24) is 0 Å². The standard InChI is InChI=1S/C23H35NO3/c1-3-4-5-6-7-8-9-10-14-17-21-24-23(2,18-26-21)19-27-22(25)20-15-12-11-13-16-20/h11-13,15-16H,3-10,14,17-19H2,1-2H3/t23-/m1/s1.